The average Bonchev–Trinajstić information content (AvgIpc) is 3.28. The molecule has 0 spiro atoms. The highest BCUT2D eigenvalue weighted by molar-refractivity contribution is 14.0. The number of hydrogen-bond acceptors (Lipinski definition) is 5. The number of ether oxygens (including phenoxy) is 3. The molecule has 1 unspecified atom stereocenters. The fourth-order valence-electron chi connectivity index (χ4n) is 3.57. The molecule has 0 saturated carbocycles. The SMILES string of the molecule is CCNC(=NCc1ccc(N2CCOCC2)c(F)c1)NCCCOCC1CCOC1.I. The lowest BCUT2D eigenvalue weighted by Gasteiger charge is -2.29. The number of guanidine groups is 1. The first-order valence-corrected chi connectivity index (χ1v) is 11.0. The number of nitrogens with one attached hydrogen (secondary N) is 2. The Kier molecular flexibility index (Phi) is 12.5. The van der Waals surface area contributed by atoms with Gasteiger partial charge < -0.3 is 29.7 Å². The number of benzene rings is 1. The van der Waals surface area contributed by atoms with E-state index in [4.69, 9.17) is 14.2 Å². The summed E-state index contributed by atoms with van der Waals surface area (Å²) in [6.07, 6.45) is 2.00. The molecule has 2 aliphatic rings. The second-order valence-electron chi connectivity index (χ2n) is 7.67. The van der Waals surface area contributed by atoms with Crippen LogP contribution in [0.15, 0.2) is 23.2 Å². The zero-order valence-corrected chi connectivity index (χ0v) is 20.7. The lowest BCUT2D eigenvalue weighted by Crippen LogP contribution is -2.38. The van der Waals surface area contributed by atoms with Gasteiger partial charge in [-0.1, -0.05) is 6.07 Å². The summed E-state index contributed by atoms with van der Waals surface area (Å²) < 4.78 is 31.0. The highest BCUT2D eigenvalue weighted by atomic mass is 127. The van der Waals surface area contributed by atoms with Crippen LogP contribution in [0.4, 0.5) is 10.1 Å². The van der Waals surface area contributed by atoms with Crippen molar-refractivity contribution in [3.05, 3.63) is 29.6 Å². The Morgan fingerprint density at radius 3 is 2.77 bits per heavy atom. The van der Waals surface area contributed by atoms with Crippen LogP contribution in [0.1, 0.15) is 25.3 Å². The average molecular weight is 550 g/mol. The molecule has 176 valence electrons. The summed E-state index contributed by atoms with van der Waals surface area (Å²) in [5.41, 5.74) is 1.49. The van der Waals surface area contributed by atoms with Crippen molar-refractivity contribution in [3.8, 4) is 0 Å². The Bertz CT molecular complexity index is 668. The molecule has 0 radical (unpaired) electrons. The summed E-state index contributed by atoms with van der Waals surface area (Å²) in [4.78, 5) is 6.61. The number of hydrogen-bond donors (Lipinski definition) is 2. The van der Waals surface area contributed by atoms with Crippen molar-refractivity contribution >= 4 is 35.6 Å². The second kappa shape index (κ2) is 14.8. The molecular formula is C22H36FIN4O3. The zero-order chi connectivity index (χ0) is 21.0. The maximum absolute atomic E-state index is 14.6. The van der Waals surface area contributed by atoms with Crippen molar-refractivity contribution in [1.82, 2.24) is 10.6 Å². The van der Waals surface area contributed by atoms with Crippen LogP contribution in [0, 0.1) is 11.7 Å². The third kappa shape index (κ3) is 9.07. The molecule has 2 aliphatic heterocycles. The van der Waals surface area contributed by atoms with Gasteiger partial charge >= 0.3 is 0 Å². The minimum Gasteiger partial charge on any atom is -0.381 e. The van der Waals surface area contributed by atoms with Gasteiger partial charge in [-0.25, -0.2) is 9.38 Å². The van der Waals surface area contributed by atoms with Crippen LogP contribution in [0.25, 0.3) is 0 Å². The van der Waals surface area contributed by atoms with Gasteiger partial charge in [0.05, 0.1) is 38.7 Å². The minimum absolute atomic E-state index is 0. The molecule has 0 aromatic heterocycles. The Morgan fingerprint density at radius 1 is 1.23 bits per heavy atom. The molecule has 0 bridgehead atoms. The van der Waals surface area contributed by atoms with E-state index in [1.807, 2.05) is 24.0 Å². The van der Waals surface area contributed by atoms with E-state index in [1.54, 1.807) is 6.07 Å². The lowest BCUT2D eigenvalue weighted by atomic mass is 10.1. The molecule has 2 N–H and O–H groups in total. The molecule has 1 atom stereocenters. The van der Waals surface area contributed by atoms with Gasteiger partial charge in [0.2, 0.25) is 0 Å². The minimum atomic E-state index is -0.202. The van der Waals surface area contributed by atoms with E-state index in [1.165, 1.54) is 0 Å². The van der Waals surface area contributed by atoms with Crippen molar-refractivity contribution in [2.45, 2.75) is 26.3 Å². The molecule has 9 heteroatoms. The highest BCUT2D eigenvalue weighted by Crippen LogP contribution is 2.22. The third-order valence-electron chi connectivity index (χ3n) is 5.26. The summed E-state index contributed by atoms with van der Waals surface area (Å²) in [6, 6.07) is 5.37. The molecule has 2 heterocycles. The quantitative estimate of drug-likeness (QED) is 0.202. The van der Waals surface area contributed by atoms with Gasteiger partial charge in [-0.3, -0.25) is 0 Å². The molecule has 31 heavy (non-hydrogen) atoms. The third-order valence-corrected chi connectivity index (χ3v) is 5.26. The number of halogens is 2. The molecule has 1 aromatic rings. The van der Waals surface area contributed by atoms with E-state index < -0.39 is 0 Å². The molecule has 7 nitrogen and oxygen atoms in total. The van der Waals surface area contributed by atoms with Crippen molar-refractivity contribution in [2.24, 2.45) is 10.9 Å². The normalized spacial score (nSPS) is 19.2. The van der Waals surface area contributed by atoms with E-state index in [0.29, 0.717) is 31.4 Å². The molecular weight excluding hydrogens is 514 g/mol. The van der Waals surface area contributed by atoms with Gasteiger partial charge in [0.15, 0.2) is 5.96 Å². The largest absolute Gasteiger partial charge is 0.381 e. The van der Waals surface area contributed by atoms with E-state index in [2.05, 4.69) is 15.6 Å². The smallest absolute Gasteiger partial charge is 0.191 e. The Balaban J connectivity index is 0.00000341. The zero-order valence-electron chi connectivity index (χ0n) is 18.4. The van der Waals surface area contributed by atoms with E-state index in [0.717, 1.165) is 77.0 Å². The van der Waals surface area contributed by atoms with Gasteiger partial charge in [0, 0.05) is 45.3 Å². The van der Waals surface area contributed by atoms with Gasteiger partial charge in [-0.15, -0.1) is 24.0 Å². The lowest BCUT2D eigenvalue weighted by molar-refractivity contribution is 0.0888. The first kappa shape index (κ1) is 26.1. The van der Waals surface area contributed by atoms with Crippen LogP contribution in [0.5, 0.6) is 0 Å². The number of morpholine rings is 1. The van der Waals surface area contributed by atoms with Crippen LogP contribution in [0.2, 0.25) is 0 Å². The van der Waals surface area contributed by atoms with Crippen LogP contribution in [-0.2, 0) is 20.8 Å². The standard InChI is InChI=1S/C22H35FN4O3.HI/c1-2-24-22(25-7-3-10-29-16-19-6-11-30-17-19)26-15-18-4-5-21(20(23)14-18)27-8-12-28-13-9-27;/h4-5,14,19H,2-3,6-13,15-17H2,1H3,(H2,24,25,26);1H. The summed E-state index contributed by atoms with van der Waals surface area (Å²) in [5.74, 6) is 1.08. The molecule has 2 saturated heterocycles. The van der Waals surface area contributed by atoms with E-state index in [-0.39, 0.29) is 29.8 Å². The first-order valence-electron chi connectivity index (χ1n) is 11.0. The van der Waals surface area contributed by atoms with Crippen LogP contribution < -0.4 is 15.5 Å². The van der Waals surface area contributed by atoms with Crippen LogP contribution in [-0.4, -0.2) is 71.8 Å². The highest BCUT2D eigenvalue weighted by Gasteiger charge is 2.16. The fraction of sp³-hybridized carbons (Fsp3) is 0.682. The van der Waals surface area contributed by atoms with Crippen LogP contribution >= 0.6 is 24.0 Å². The van der Waals surface area contributed by atoms with Crippen molar-refractivity contribution in [2.75, 3.05) is 70.7 Å². The summed E-state index contributed by atoms with van der Waals surface area (Å²) >= 11 is 0. The molecule has 0 aliphatic carbocycles. The van der Waals surface area contributed by atoms with Crippen molar-refractivity contribution in [3.63, 3.8) is 0 Å². The van der Waals surface area contributed by atoms with Gasteiger partial charge in [0.1, 0.15) is 5.82 Å². The first-order chi connectivity index (χ1) is 14.8. The molecule has 2 fully saturated rings. The summed E-state index contributed by atoms with van der Waals surface area (Å²) in [6.45, 7) is 9.91. The molecule has 1 aromatic carbocycles. The van der Waals surface area contributed by atoms with Crippen molar-refractivity contribution in [1.29, 1.82) is 0 Å². The van der Waals surface area contributed by atoms with Gasteiger partial charge in [0.25, 0.3) is 0 Å². The summed E-state index contributed by atoms with van der Waals surface area (Å²) in [7, 11) is 0. The monoisotopic (exact) mass is 550 g/mol. The van der Waals surface area contributed by atoms with Gasteiger partial charge in [-0.2, -0.15) is 0 Å². The van der Waals surface area contributed by atoms with Crippen molar-refractivity contribution < 1.29 is 18.6 Å². The van der Waals surface area contributed by atoms with E-state index in [9.17, 15) is 4.39 Å². The van der Waals surface area contributed by atoms with Crippen LogP contribution in [0.3, 0.4) is 0 Å². The number of nitrogens with zero attached hydrogens (tertiary/aromatic N) is 2. The second-order valence-corrected chi connectivity index (χ2v) is 7.67. The Labute approximate surface area is 202 Å². The Hall–Kier alpha value is -1.17. The molecule has 0 amide bonds. The topological polar surface area (TPSA) is 67.4 Å². The maximum Gasteiger partial charge on any atom is 0.191 e. The number of anilines is 1. The Morgan fingerprint density at radius 2 is 2.06 bits per heavy atom. The maximum atomic E-state index is 14.6. The molecule has 3 rings (SSSR count). The summed E-state index contributed by atoms with van der Waals surface area (Å²) in [5, 5.41) is 6.55. The fourth-order valence-corrected chi connectivity index (χ4v) is 3.57. The predicted octanol–water partition coefficient (Wildman–Crippen LogP) is 2.78. The number of aliphatic imine (C=N–C) groups is 1. The number of rotatable bonds is 10. The predicted molar refractivity (Wildman–Crippen MR) is 132 cm³/mol. The van der Waals surface area contributed by atoms with Gasteiger partial charge in [-0.05, 0) is 37.5 Å². The van der Waals surface area contributed by atoms with E-state index >= 15 is 0 Å².